The number of hydrogen-bond acceptors (Lipinski definition) is 4. The molecule has 2 unspecified atom stereocenters. The Balaban J connectivity index is 0.00000210. The molecular formula is C20H27IN4O2. The number of pyridine rings is 1. The molecule has 2 aliphatic heterocycles. The lowest BCUT2D eigenvalue weighted by Crippen LogP contribution is -2.53. The van der Waals surface area contributed by atoms with Gasteiger partial charge in [0.25, 0.3) is 0 Å². The zero-order valence-electron chi connectivity index (χ0n) is 15.6. The molecule has 6 nitrogen and oxygen atoms in total. The third kappa shape index (κ3) is 4.70. The van der Waals surface area contributed by atoms with Crippen LogP contribution in [0.15, 0.2) is 41.5 Å². The first kappa shape index (κ1) is 20.3. The van der Waals surface area contributed by atoms with E-state index in [9.17, 15) is 0 Å². The number of hydrogen-bond donors (Lipinski definition) is 1. The average Bonchev–Trinajstić information content (AvgIpc) is 3.24. The number of aromatic nitrogens is 1. The van der Waals surface area contributed by atoms with Crippen molar-refractivity contribution in [2.24, 2.45) is 4.99 Å². The van der Waals surface area contributed by atoms with Crippen LogP contribution < -0.4 is 5.32 Å². The number of halogens is 1. The molecule has 1 aromatic carbocycles. The second-order valence-electron chi connectivity index (χ2n) is 6.79. The van der Waals surface area contributed by atoms with E-state index in [1.807, 2.05) is 25.4 Å². The van der Waals surface area contributed by atoms with Crippen LogP contribution in [0.3, 0.4) is 0 Å². The summed E-state index contributed by atoms with van der Waals surface area (Å²) in [5, 5.41) is 4.69. The lowest BCUT2D eigenvalue weighted by molar-refractivity contribution is -0.0817. The Hall–Kier alpha value is -1.45. The van der Waals surface area contributed by atoms with Gasteiger partial charge in [0.15, 0.2) is 5.96 Å². The van der Waals surface area contributed by atoms with E-state index in [4.69, 9.17) is 9.47 Å². The van der Waals surface area contributed by atoms with Crippen LogP contribution in [0.4, 0.5) is 0 Å². The highest BCUT2D eigenvalue weighted by molar-refractivity contribution is 14.0. The van der Waals surface area contributed by atoms with Gasteiger partial charge in [0.2, 0.25) is 0 Å². The van der Waals surface area contributed by atoms with Crippen LogP contribution >= 0.6 is 24.0 Å². The molecule has 2 fully saturated rings. The molecule has 0 bridgehead atoms. The predicted octanol–water partition coefficient (Wildman–Crippen LogP) is 2.81. The number of benzene rings is 1. The van der Waals surface area contributed by atoms with Crippen molar-refractivity contribution in [3.63, 3.8) is 0 Å². The maximum atomic E-state index is 5.95. The number of fused-ring (bicyclic) bond motifs is 1. The van der Waals surface area contributed by atoms with E-state index >= 15 is 0 Å². The molecule has 3 heterocycles. The van der Waals surface area contributed by atoms with Gasteiger partial charge in [-0.2, -0.15) is 0 Å². The number of ether oxygens (including phenoxy) is 2. The molecule has 4 rings (SSSR count). The van der Waals surface area contributed by atoms with Crippen LogP contribution in [-0.4, -0.2) is 61.4 Å². The molecule has 0 saturated carbocycles. The topological polar surface area (TPSA) is 59.0 Å². The second-order valence-corrected chi connectivity index (χ2v) is 6.79. The molecular weight excluding hydrogens is 455 g/mol. The largest absolute Gasteiger partial charge is 0.375 e. The summed E-state index contributed by atoms with van der Waals surface area (Å²) in [4.78, 5) is 11.2. The van der Waals surface area contributed by atoms with Crippen molar-refractivity contribution >= 4 is 40.8 Å². The Morgan fingerprint density at radius 1 is 1.22 bits per heavy atom. The van der Waals surface area contributed by atoms with Crippen LogP contribution in [0.25, 0.3) is 10.9 Å². The summed E-state index contributed by atoms with van der Waals surface area (Å²) in [6.45, 7) is 3.95. The normalized spacial score (nSPS) is 23.3. The van der Waals surface area contributed by atoms with Crippen molar-refractivity contribution < 1.29 is 9.47 Å². The van der Waals surface area contributed by atoms with E-state index in [1.54, 1.807) is 0 Å². The fourth-order valence-electron chi connectivity index (χ4n) is 3.80. The van der Waals surface area contributed by atoms with Gasteiger partial charge in [-0.3, -0.25) is 9.98 Å². The minimum absolute atomic E-state index is 0. The molecule has 7 heteroatoms. The fraction of sp³-hybridized carbons (Fsp3) is 0.500. The van der Waals surface area contributed by atoms with E-state index in [1.165, 1.54) is 10.9 Å². The van der Waals surface area contributed by atoms with Crippen molar-refractivity contribution in [1.82, 2.24) is 15.2 Å². The van der Waals surface area contributed by atoms with Crippen molar-refractivity contribution in [2.45, 2.75) is 31.6 Å². The van der Waals surface area contributed by atoms with Crippen LogP contribution in [0.5, 0.6) is 0 Å². The zero-order chi connectivity index (χ0) is 17.8. The second kappa shape index (κ2) is 9.66. The fourth-order valence-corrected chi connectivity index (χ4v) is 3.80. The van der Waals surface area contributed by atoms with E-state index in [-0.39, 0.29) is 36.2 Å². The molecule has 27 heavy (non-hydrogen) atoms. The minimum Gasteiger partial charge on any atom is -0.375 e. The van der Waals surface area contributed by atoms with Crippen molar-refractivity contribution in [1.29, 1.82) is 0 Å². The zero-order valence-corrected chi connectivity index (χ0v) is 18.0. The van der Waals surface area contributed by atoms with Gasteiger partial charge in [-0.25, -0.2) is 0 Å². The first-order valence-corrected chi connectivity index (χ1v) is 9.36. The Morgan fingerprint density at radius 3 is 2.89 bits per heavy atom. The lowest BCUT2D eigenvalue weighted by atomic mass is 10.1. The van der Waals surface area contributed by atoms with Crippen LogP contribution in [0, 0.1) is 0 Å². The lowest BCUT2D eigenvalue weighted by Gasteiger charge is -2.37. The summed E-state index contributed by atoms with van der Waals surface area (Å²) in [7, 11) is 1.84. The molecule has 0 aliphatic carbocycles. The van der Waals surface area contributed by atoms with Gasteiger partial charge < -0.3 is 19.7 Å². The number of para-hydroxylation sites is 1. The van der Waals surface area contributed by atoms with Crippen molar-refractivity contribution in [2.75, 3.05) is 33.4 Å². The molecule has 2 atom stereocenters. The standard InChI is InChI=1S/C20H26N4O2.HI/c1-21-20(24-10-12-26-19(14-24)18-7-4-11-25-18)23-13-15-8-9-22-17-6-3-2-5-16(15)17;/h2-3,5-6,8-9,18-19H,4,7,10-14H2,1H3,(H,21,23);1H. The highest BCUT2D eigenvalue weighted by Crippen LogP contribution is 2.21. The van der Waals surface area contributed by atoms with Crippen molar-refractivity contribution in [3.8, 4) is 0 Å². The summed E-state index contributed by atoms with van der Waals surface area (Å²) in [6.07, 6.45) is 4.44. The Bertz CT molecular complexity index is 774. The van der Waals surface area contributed by atoms with Crippen LogP contribution in [-0.2, 0) is 16.0 Å². The van der Waals surface area contributed by atoms with Gasteiger partial charge in [0.05, 0.1) is 18.2 Å². The first-order valence-electron chi connectivity index (χ1n) is 9.36. The van der Waals surface area contributed by atoms with Gasteiger partial charge >= 0.3 is 0 Å². The van der Waals surface area contributed by atoms with Crippen LogP contribution in [0.2, 0.25) is 0 Å². The predicted molar refractivity (Wildman–Crippen MR) is 118 cm³/mol. The molecule has 2 aliphatic rings. The van der Waals surface area contributed by atoms with Gasteiger partial charge in [-0.15, -0.1) is 24.0 Å². The Morgan fingerprint density at radius 2 is 2.07 bits per heavy atom. The number of rotatable bonds is 3. The van der Waals surface area contributed by atoms with E-state index < -0.39 is 0 Å². The first-order chi connectivity index (χ1) is 12.8. The van der Waals surface area contributed by atoms with Gasteiger partial charge in [-0.05, 0) is 30.5 Å². The molecule has 1 aromatic heterocycles. The molecule has 2 saturated heterocycles. The van der Waals surface area contributed by atoms with E-state index in [2.05, 4.69) is 38.4 Å². The smallest absolute Gasteiger partial charge is 0.194 e. The quantitative estimate of drug-likeness (QED) is 0.415. The molecule has 0 amide bonds. The maximum Gasteiger partial charge on any atom is 0.194 e. The number of guanidine groups is 1. The summed E-state index contributed by atoms with van der Waals surface area (Å²) in [6, 6.07) is 10.3. The Kier molecular flexibility index (Phi) is 7.26. The van der Waals surface area contributed by atoms with E-state index in [0.29, 0.717) is 6.61 Å². The molecule has 2 aromatic rings. The highest BCUT2D eigenvalue weighted by Gasteiger charge is 2.32. The summed E-state index contributed by atoms with van der Waals surface area (Å²) in [5.41, 5.74) is 2.24. The number of aliphatic imine (C=N–C) groups is 1. The number of nitrogens with one attached hydrogen (secondary N) is 1. The highest BCUT2D eigenvalue weighted by atomic mass is 127. The summed E-state index contributed by atoms with van der Waals surface area (Å²) >= 11 is 0. The molecule has 0 spiro atoms. The third-order valence-corrected chi connectivity index (χ3v) is 5.16. The van der Waals surface area contributed by atoms with Crippen LogP contribution in [0.1, 0.15) is 18.4 Å². The van der Waals surface area contributed by atoms with E-state index in [0.717, 1.165) is 50.6 Å². The monoisotopic (exact) mass is 482 g/mol. The SMILES string of the molecule is CN=C(NCc1ccnc2ccccc12)N1CCOC(C2CCCO2)C1.I. The van der Waals surface area contributed by atoms with Gasteiger partial charge in [-0.1, -0.05) is 18.2 Å². The number of morpholine rings is 1. The van der Waals surface area contributed by atoms with Crippen molar-refractivity contribution in [3.05, 3.63) is 42.1 Å². The molecule has 146 valence electrons. The molecule has 0 radical (unpaired) electrons. The Labute approximate surface area is 177 Å². The summed E-state index contributed by atoms with van der Waals surface area (Å²) < 4.78 is 11.8. The molecule has 1 N–H and O–H groups in total. The average molecular weight is 482 g/mol. The summed E-state index contributed by atoms with van der Waals surface area (Å²) in [5.74, 6) is 0.914. The minimum atomic E-state index is 0. The van der Waals surface area contributed by atoms with Gasteiger partial charge in [0.1, 0.15) is 6.10 Å². The third-order valence-electron chi connectivity index (χ3n) is 5.16. The maximum absolute atomic E-state index is 5.95. The number of nitrogens with zero attached hydrogens (tertiary/aromatic N) is 3. The van der Waals surface area contributed by atoms with Gasteiger partial charge in [0, 0.05) is 44.9 Å².